The fourth-order valence-corrected chi connectivity index (χ4v) is 2.90. The summed E-state index contributed by atoms with van der Waals surface area (Å²) in [4.78, 5) is 24.5. The topological polar surface area (TPSA) is 76.6 Å². The number of hydrogen-bond acceptors (Lipinski definition) is 2. The molecule has 1 aromatic carbocycles. The zero-order chi connectivity index (χ0) is 15.2. The SMILES string of the molecule is C[C@H](NC(=O)C[NH+]1CCC[C@H](C(N)=O)C1)c1ccccc1. The molecule has 1 saturated heterocycles. The van der Waals surface area contributed by atoms with Crippen LogP contribution in [0.5, 0.6) is 0 Å². The standard InChI is InChI=1S/C16H23N3O2/c1-12(13-6-3-2-4-7-13)18-15(20)11-19-9-5-8-14(10-19)16(17)21/h2-4,6-7,12,14H,5,8-11H2,1H3,(H2,17,21)(H,18,20)/p+1/t12-,14-/m0/s1. The van der Waals surface area contributed by atoms with E-state index in [2.05, 4.69) is 5.32 Å². The quantitative estimate of drug-likeness (QED) is 0.693. The summed E-state index contributed by atoms with van der Waals surface area (Å²) in [6, 6.07) is 9.88. The van der Waals surface area contributed by atoms with Gasteiger partial charge in [0, 0.05) is 0 Å². The molecular formula is C16H24N3O2+. The van der Waals surface area contributed by atoms with E-state index in [1.165, 1.54) is 0 Å². The molecular weight excluding hydrogens is 266 g/mol. The first-order valence-electron chi connectivity index (χ1n) is 7.53. The highest BCUT2D eigenvalue weighted by atomic mass is 16.2. The van der Waals surface area contributed by atoms with Crippen LogP contribution < -0.4 is 16.0 Å². The van der Waals surface area contributed by atoms with Crippen molar-refractivity contribution in [1.82, 2.24) is 5.32 Å². The van der Waals surface area contributed by atoms with Crippen LogP contribution in [0.3, 0.4) is 0 Å². The number of quaternary nitrogens is 1. The van der Waals surface area contributed by atoms with Gasteiger partial charge in [-0.25, -0.2) is 0 Å². The van der Waals surface area contributed by atoms with E-state index in [-0.39, 0.29) is 23.8 Å². The van der Waals surface area contributed by atoms with Crippen molar-refractivity contribution in [3.8, 4) is 0 Å². The van der Waals surface area contributed by atoms with Crippen LogP contribution in [0.15, 0.2) is 30.3 Å². The number of nitrogens with two attached hydrogens (primary N) is 1. The Hall–Kier alpha value is -1.88. The molecule has 1 heterocycles. The van der Waals surface area contributed by atoms with E-state index in [0.717, 1.165) is 29.8 Å². The van der Waals surface area contributed by atoms with Crippen molar-refractivity contribution in [3.63, 3.8) is 0 Å². The van der Waals surface area contributed by atoms with Crippen molar-refractivity contribution in [1.29, 1.82) is 0 Å². The first kappa shape index (κ1) is 15.5. The van der Waals surface area contributed by atoms with Gasteiger partial charge in [0.25, 0.3) is 5.91 Å². The molecule has 5 heteroatoms. The second kappa shape index (κ2) is 7.22. The molecule has 0 aromatic heterocycles. The lowest BCUT2D eigenvalue weighted by molar-refractivity contribution is -0.899. The van der Waals surface area contributed by atoms with Gasteiger partial charge < -0.3 is 16.0 Å². The van der Waals surface area contributed by atoms with Crippen molar-refractivity contribution in [2.45, 2.75) is 25.8 Å². The molecule has 1 aliphatic rings. The van der Waals surface area contributed by atoms with Gasteiger partial charge in [-0.15, -0.1) is 0 Å². The van der Waals surface area contributed by atoms with Crippen LogP contribution in [-0.2, 0) is 9.59 Å². The first-order chi connectivity index (χ1) is 10.1. The zero-order valence-electron chi connectivity index (χ0n) is 12.5. The smallest absolute Gasteiger partial charge is 0.275 e. The van der Waals surface area contributed by atoms with Crippen molar-refractivity contribution in [3.05, 3.63) is 35.9 Å². The lowest BCUT2D eigenvalue weighted by Crippen LogP contribution is -3.15. The molecule has 0 saturated carbocycles. The van der Waals surface area contributed by atoms with E-state index in [1.54, 1.807) is 0 Å². The van der Waals surface area contributed by atoms with Gasteiger partial charge in [-0.3, -0.25) is 9.59 Å². The lowest BCUT2D eigenvalue weighted by Gasteiger charge is -2.28. The molecule has 1 fully saturated rings. The van der Waals surface area contributed by atoms with Crippen LogP contribution in [0.4, 0.5) is 0 Å². The molecule has 1 aliphatic heterocycles. The molecule has 5 nitrogen and oxygen atoms in total. The van der Waals surface area contributed by atoms with Crippen LogP contribution in [0.2, 0.25) is 0 Å². The number of nitrogens with one attached hydrogen (secondary N) is 2. The van der Waals surface area contributed by atoms with E-state index in [4.69, 9.17) is 5.73 Å². The minimum atomic E-state index is -0.245. The highest BCUT2D eigenvalue weighted by Crippen LogP contribution is 2.10. The molecule has 0 radical (unpaired) electrons. The predicted molar refractivity (Wildman–Crippen MR) is 80.5 cm³/mol. The van der Waals surface area contributed by atoms with Crippen LogP contribution >= 0.6 is 0 Å². The Morgan fingerprint density at radius 1 is 1.38 bits per heavy atom. The van der Waals surface area contributed by atoms with E-state index in [9.17, 15) is 9.59 Å². The van der Waals surface area contributed by atoms with Crippen molar-refractivity contribution < 1.29 is 14.5 Å². The van der Waals surface area contributed by atoms with Crippen LogP contribution in [-0.4, -0.2) is 31.4 Å². The summed E-state index contributed by atoms with van der Waals surface area (Å²) in [6.45, 7) is 3.98. The van der Waals surface area contributed by atoms with Gasteiger partial charge in [0.15, 0.2) is 6.54 Å². The monoisotopic (exact) mass is 290 g/mol. The molecule has 0 aliphatic carbocycles. The number of carbonyl (C=O) groups excluding carboxylic acids is 2. The number of amides is 2. The molecule has 3 atom stereocenters. The minimum absolute atomic E-state index is 0.00479. The van der Waals surface area contributed by atoms with Gasteiger partial charge >= 0.3 is 0 Å². The molecule has 114 valence electrons. The maximum Gasteiger partial charge on any atom is 0.275 e. The molecule has 0 bridgehead atoms. The van der Waals surface area contributed by atoms with Crippen LogP contribution in [0.25, 0.3) is 0 Å². The number of hydrogen-bond donors (Lipinski definition) is 3. The third-order valence-corrected chi connectivity index (χ3v) is 4.11. The molecule has 2 rings (SSSR count). The molecule has 1 unspecified atom stereocenters. The van der Waals surface area contributed by atoms with E-state index < -0.39 is 0 Å². The average Bonchev–Trinajstić information content (AvgIpc) is 2.48. The summed E-state index contributed by atoms with van der Waals surface area (Å²) in [5.41, 5.74) is 6.46. The van der Waals surface area contributed by atoms with Crippen LogP contribution in [0, 0.1) is 5.92 Å². The predicted octanol–water partition coefficient (Wildman–Crippen LogP) is -0.356. The highest BCUT2D eigenvalue weighted by Gasteiger charge is 2.28. The molecule has 2 amide bonds. The second-order valence-electron chi connectivity index (χ2n) is 5.82. The Balaban J connectivity index is 1.83. The fourth-order valence-electron chi connectivity index (χ4n) is 2.90. The van der Waals surface area contributed by atoms with Gasteiger partial charge in [0.2, 0.25) is 5.91 Å². The summed E-state index contributed by atoms with van der Waals surface area (Å²) < 4.78 is 0. The first-order valence-corrected chi connectivity index (χ1v) is 7.53. The Labute approximate surface area is 125 Å². The Morgan fingerprint density at radius 3 is 2.76 bits per heavy atom. The normalized spacial score (nSPS) is 23.3. The van der Waals surface area contributed by atoms with Gasteiger partial charge in [0.1, 0.15) is 0 Å². The third-order valence-electron chi connectivity index (χ3n) is 4.11. The van der Waals surface area contributed by atoms with Crippen LogP contribution in [0.1, 0.15) is 31.4 Å². The molecule has 21 heavy (non-hydrogen) atoms. The maximum absolute atomic E-state index is 12.1. The highest BCUT2D eigenvalue weighted by molar-refractivity contribution is 5.78. The minimum Gasteiger partial charge on any atom is -0.369 e. The average molecular weight is 290 g/mol. The number of benzene rings is 1. The number of primary amides is 1. The summed E-state index contributed by atoms with van der Waals surface area (Å²) in [7, 11) is 0. The lowest BCUT2D eigenvalue weighted by atomic mass is 9.97. The van der Waals surface area contributed by atoms with Gasteiger partial charge in [-0.2, -0.15) is 0 Å². The fraction of sp³-hybridized carbons (Fsp3) is 0.500. The van der Waals surface area contributed by atoms with E-state index in [1.807, 2.05) is 37.3 Å². The third kappa shape index (κ3) is 4.56. The Bertz CT molecular complexity index is 490. The summed E-state index contributed by atoms with van der Waals surface area (Å²) in [5.74, 6) is -0.315. The Kier molecular flexibility index (Phi) is 5.33. The summed E-state index contributed by atoms with van der Waals surface area (Å²) >= 11 is 0. The number of likely N-dealkylation sites (tertiary alicyclic amines) is 1. The van der Waals surface area contributed by atoms with Gasteiger partial charge in [0.05, 0.1) is 25.0 Å². The van der Waals surface area contributed by atoms with Crippen molar-refractivity contribution in [2.24, 2.45) is 11.7 Å². The number of carbonyl (C=O) groups is 2. The van der Waals surface area contributed by atoms with E-state index in [0.29, 0.717) is 13.1 Å². The maximum atomic E-state index is 12.1. The largest absolute Gasteiger partial charge is 0.369 e. The van der Waals surface area contributed by atoms with E-state index >= 15 is 0 Å². The van der Waals surface area contributed by atoms with Gasteiger partial charge in [-0.05, 0) is 25.3 Å². The molecule has 4 N–H and O–H groups in total. The molecule has 0 spiro atoms. The van der Waals surface area contributed by atoms with Crippen molar-refractivity contribution in [2.75, 3.05) is 19.6 Å². The summed E-state index contributed by atoms with van der Waals surface area (Å²) in [5, 5.41) is 3.01. The van der Waals surface area contributed by atoms with Crippen molar-refractivity contribution >= 4 is 11.8 Å². The molecule has 1 aromatic rings. The second-order valence-corrected chi connectivity index (χ2v) is 5.82. The van der Waals surface area contributed by atoms with Gasteiger partial charge in [-0.1, -0.05) is 30.3 Å². The zero-order valence-corrected chi connectivity index (χ0v) is 12.5. The summed E-state index contributed by atoms with van der Waals surface area (Å²) in [6.07, 6.45) is 1.80. The number of piperidine rings is 1. The Morgan fingerprint density at radius 2 is 2.10 bits per heavy atom. The number of rotatable bonds is 5.